The number of ketones is 1. The summed E-state index contributed by atoms with van der Waals surface area (Å²) >= 11 is 0. The van der Waals surface area contributed by atoms with Crippen molar-refractivity contribution in [3.05, 3.63) is 41.2 Å². The number of hydrogen-bond donors (Lipinski definition) is 0. The lowest BCUT2D eigenvalue weighted by atomic mass is 9.77. The van der Waals surface area contributed by atoms with E-state index in [1.807, 2.05) is 31.2 Å². The highest BCUT2D eigenvalue weighted by atomic mass is 16.5. The molecule has 0 N–H and O–H groups in total. The second kappa shape index (κ2) is 7.37. The van der Waals surface area contributed by atoms with Gasteiger partial charge in [0.2, 0.25) is 0 Å². The molecule has 144 valence electrons. The van der Waals surface area contributed by atoms with Crippen LogP contribution in [-0.4, -0.2) is 35.8 Å². The Morgan fingerprint density at radius 2 is 2.00 bits per heavy atom. The number of ether oxygens (including phenoxy) is 2. The summed E-state index contributed by atoms with van der Waals surface area (Å²) in [6.45, 7) is 5.18. The Morgan fingerprint density at radius 1 is 1.19 bits per heavy atom. The molecule has 1 fully saturated rings. The minimum atomic E-state index is -0.377. The van der Waals surface area contributed by atoms with Crippen molar-refractivity contribution in [1.29, 1.82) is 0 Å². The fourth-order valence-corrected chi connectivity index (χ4v) is 4.56. The third-order valence-corrected chi connectivity index (χ3v) is 5.85. The summed E-state index contributed by atoms with van der Waals surface area (Å²) in [7, 11) is 0. The number of carbonyl (C=O) groups is 2. The number of benzene rings is 1. The van der Waals surface area contributed by atoms with Crippen molar-refractivity contribution in [3.8, 4) is 5.75 Å². The van der Waals surface area contributed by atoms with Gasteiger partial charge >= 0.3 is 0 Å². The van der Waals surface area contributed by atoms with Gasteiger partial charge in [0.1, 0.15) is 11.9 Å². The first kappa shape index (κ1) is 18.1. The fourth-order valence-electron chi connectivity index (χ4n) is 4.56. The number of nitrogens with zero attached hydrogens (tertiary/aromatic N) is 1. The maximum atomic E-state index is 13.3. The molecule has 1 aromatic carbocycles. The molecule has 5 nitrogen and oxygen atoms in total. The van der Waals surface area contributed by atoms with E-state index in [-0.39, 0.29) is 35.5 Å². The zero-order chi connectivity index (χ0) is 19.0. The Hall–Kier alpha value is -2.30. The van der Waals surface area contributed by atoms with Gasteiger partial charge < -0.3 is 14.4 Å². The third-order valence-electron chi connectivity index (χ3n) is 5.85. The van der Waals surface area contributed by atoms with E-state index in [0.717, 1.165) is 43.4 Å². The smallest absolute Gasteiger partial charge is 0.290 e. The van der Waals surface area contributed by atoms with Gasteiger partial charge in [0.05, 0.1) is 24.1 Å². The maximum absolute atomic E-state index is 13.3. The average molecular weight is 369 g/mol. The van der Waals surface area contributed by atoms with E-state index in [1.54, 1.807) is 4.90 Å². The molecule has 1 aliphatic carbocycles. The highest BCUT2D eigenvalue weighted by Gasteiger charge is 2.51. The van der Waals surface area contributed by atoms with E-state index in [2.05, 4.69) is 6.92 Å². The van der Waals surface area contributed by atoms with Crippen LogP contribution in [-0.2, 0) is 14.3 Å². The van der Waals surface area contributed by atoms with Crippen molar-refractivity contribution in [2.45, 2.75) is 58.1 Å². The largest absolute Gasteiger partial charge is 0.494 e. The van der Waals surface area contributed by atoms with Crippen LogP contribution in [0.5, 0.6) is 5.75 Å². The molecule has 3 aliphatic rings. The SMILES string of the molecule is CCCOc1cccc(C2C3=C(OC4CCCCC4C3=O)C(=O)N2CC)c1. The van der Waals surface area contributed by atoms with E-state index >= 15 is 0 Å². The monoisotopic (exact) mass is 369 g/mol. The molecule has 3 atom stereocenters. The van der Waals surface area contributed by atoms with Crippen LogP contribution in [0.3, 0.4) is 0 Å². The van der Waals surface area contributed by atoms with Crippen molar-refractivity contribution in [2.75, 3.05) is 13.2 Å². The van der Waals surface area contributed by atoms with Crippen molar-refractivity contribution >= 4 is 11.7 Å². The molecule has 1 saturated carbocycles. The van der Waals surface area contributed by atoms with Crippen LogP contribution in [0.2, 0.25) is 0 Å². The van der Waals surface area contributed by atoms with Gasteiger partial charge in [-0.2, -0.15) is 0 Å². The van der Waals surface area contributed by atoms with Crippen molar-refractivity contribution in [2.24, 2.45) is 5.92 Å². The standard InChI is InChI=1S/C22H27NO4/c1-3-12-26-15-9-7-8-14(13-15)19-18-20(24)16-10-5-6-11-17(16)27-21(18)22(25)23(19)4-2/h7-9,13,16-17,19H,3-6,10-12H2,1-2H3. The zero-order valence-electron chi connectivity index (χ0n) is 16.1. The predicted octanol–water partition coefficient (Wildman–Crippen LogP) is 3.79. The quantitative estimate of drug-likeness (QED) is 0.792. The molecule has 2 aliphatic heterocycles. The van der Waals surface area contributed by atoms with Crippen LogP contribution >= 0.6 is 0 Å². The van der Waals surface area contributed by atoms with Crippen LogP contribution in [0.25, 0.3) is 0 Å². The van der Waals surface area contributed by atoms with Gasteiger partial charge in [-0.1, -0.05) is 25.5 Å². The molecule has 0 saturated heterocycles. The van der Waals surface area contributed by atoms with Gasteiger partial charge in [-0.15, -0.1) is 0 Å². The lowest BCUT2D eigenvalue weighted by molar-refractivity contribution is -0.135. The van der Waals surface area contributed by atoms with Gasteiger partial charge in [-0.3, -0.25) is 9.59 Å². The van der Waals surface area contributed by atoms with E-state index in [9.17, 15) is 9.59 Å². The molecular formula is C22H27NO4. The lowest BCUT2D eigenvalue weighted by Gasteiger charge is -2.35. The lowest BCUT2D eigenvalue weighted by Crippen LogP contribution is -2.39. The summed E-state index contributed by atoms with van der Waals surface area (Å²) in [5.74, 6) is 0.899. The van der Waals surface area contributed by atoms with E-state index in [0.29, 0.717) is 18.7 Å². The first-order valence-electron chi connectivity index (χ1n) is 10.1. The van der Waals surface area contributed by atoms with Crippen molar-refractivity contribution < 1.29 is 19.1 Å². The fraction of sp³-hybridized carbons (Fsp3) is 0.545. The summed E-state index contributed by atoms with van der Waals surface area (Å²) in [5.41, 5.74) is 1.47. The first-order chi connectivity index (χ1) is 13.2. The van der Waals surface area contributed by atoms with Crippen LogP contribution in [0.15, 0.2) is 35.6 Å². The van der Waals surface area contributed by atoms with Gasteiger partial charge in [-0.25, -0.2) is 0 Å². The number of carbonyl (C=O) groups excluding carboxylic acids is 2. The normalized spacial score (nSPS) is 27.3. The minimum Gasteiger partial charge on any atom is -0.494 e. The molecule has 27 heavy (non-hydrogen) atoms. The summed E-state index contributed by atoms with van der Waals surface area (Å²) < 4.78 is 11.9. The number of rotatable bonds is 5. The minimum absolute atomic E-state index is 0.107. The molecule has 5 heteroatoms. The number of fused-ring (bicyclic) bond motifs is 1. The topological polar surface area (TPSA) is 55.8 Å². The molecular weight excluding hydrogens is 342 g/mol. The number of amides is 1. The Balaban J connectivity index is 1.73. The summed E-state index contributed by atoms with van der Waals surface area (Å²) in [5, 5.41) is 0. The molecule has 0 radical (unpaired) electrons. The van der Waals surface area contributed by atoms with Gasteiger partial charge in [0.15, 0.2) is 11.5 Å². The average Bonchev–Trinajstić information content (AvgIpc) is 2.99. The first-order valence-corrected chi connectivity index (χ1v) is 10.1. The van der Waals surface area contributed by atoms with E-state index in [1.165, 1.54) is 0 Å². The van der Waals surface area contributed by atoms with Crippen molar-refractivity contribution in [3.63, 3.8) is 0 Å². The van der Waals surface area contributed by atoms with E-state index < -0.39 is 0 Å². The zero-order valence-corrected chi connectivity index (χ0v) is 16.1. The molecule has 1 amide bonds. The summed E-state index contributed by atoms with van der Waals surface area (Å²) in [6, 6.07) is 7.38. The second-order valence-corrected chi connectivity index (χ2v) is 7.57. The number of Topliss-reactive ketones (excluding diaryl/α,β-unsaturated/α-hetero) is 1. The Kier molecular flexibility index (Phi) is 4.94. The highest BCUT2D eigenvalue weighted by Crippen LogP contribution is 2.46. The Labute approximate surface area is 160 Å². The molecule has 0 spiro atoms. The summed E-state index contributed by atoms with van der Waals surface area (Å²) in [6.07, 6.45) is 4.62. The maximum Gasteiger partial charge on any atom is 0.290 e. The van der Waals surface area contributed by atoms with Gasteiger partial charge in [-0.05, 0) is 50.3 Å². The van der Waals surface area contributed by atoms with Crippen LogP contribution in [0.4, 0.5) is 0 Å². The van der Waals surface area contributed by atoms with Crippen LogP contribution < -0.4 is 4.74 Å². The van der Waals surface area contributed by atoms with Crippen LogP contribution in [0.1, 0.15) is 57.6 Å². The summed E-state index contributed by atoms with van der Waals surface area (Å²) in [4.78, 5) is 28.1. The third kappa shape index (κ3) is 3.03. The van der Waals surface area contributed by atoms with Crippen LogP contribution in [0, 0.1) is 5.92 Å². The molecule has 0 aromatic heterocycles. The van der Waals surface area contributed by atoms with Crippen molar-refractivity contribution in [1.82, 2.24) is 4.90 Å². The molecule has 4 rings (SSSR count). The number of hydrogen-bond acceptors (Lipinski definition) is 4. The second-order valence-electron chi connectivity index (χ2n) is 7.57. The molecule has 0 bridgehead atoms. The van der Waals surface area contributed by atoms with E-state index in [4.69, 9.17) is 9.47 Å². The van der Waals surface area contributed by atoms with Gasteiger partial charge in [0.25, 0.3) is 5.91 Å². The highest BCUT2D eigenvalue weighted by molar-refractivity contribution is 6.11. The molecule has 3 unspecified atom stereocenters. The molecule has 1 aromatic rings. The Morgan fingerprint density at radius 3 is 2.78 bits per heavy atom. The Bertz CT molecular complexity index is 784. The number of likely N-dealkylation sites (N-methyl/N-ethyl adjacent to an activating group) is 1. The van der Waals surface area contributed by atoms with Gasteiger partial charge in [0, 0.05) is 6.54 Å². The molecule has 2 heterocycles. The predicted molar refractivity (Wildman–Crippen MR) is 101 cm³/mol.